The van der Waals surface area contributed by atoms with Gasteiger partial charge in [-0.2, -0.15) is 0 Å². The Hall–Kier alpha value is -1.13. The average molecular weight is 328 g/mol. The van der Waals surface area contributed by atoms with E-state index < -0.39 is 5.82 Å². The van der Waals surface area contributed by atoms with Crippen LogP contribution in [0.5, 0.6) is 0 Å². The highest BCUT2D eigenvalue weighted by molar-refractivity contribution is 6.36. The Kier molecular flexibility index (Phi) is 5.59. The summed E-state index contributed by atoms with van der Waals surface area (Å²) in [6.07, 6.45) is 0. The van der Waals surface area contributed by atoms with Crippen LogP contribution in [0.4, 0.5) is 4.39 Å². The van der Waals surface area contributed by atoms with Gasteiger partial charge in [-0.25, -0.2) is 4.39 Å². The van der Waals surface area contributed by atoms with Crippen LogP contribution in [-0.4, -0.2) is 5.11 Å². The first kappa shape index (κ1) is 16.2. The normalized spacial score (nSPS) is 12.4. The average Bonchev–Trinajstić information content (AvgIpc) is 2.50. The molecule has 5 heteroatoms. The summed E-state index contributed by atoms with van der Waals surface area (Å²) in [4.78, 5) is 0. The molecule has 1 atom stereocenters. The van der Waals surface area contributed by atoms with Crippen molar-refractivity contribution in [3.63, 3.8) is 0 Å². The maximum absolute atomic E-state index is 13.5. The molecule has 0 saturated heterocycles. The van der Waals surface area contributed by atoms with E-state index in [0.29, 0.717) is 17.1 Å². The fourth-order valence-electron chi connectivity index (χ4n) is 2.08. The van der Waals surface area contributed by atoms with Crippen LogP contribution >= 0.6 is 23.2 Å². The maximum atomic E-state index is 13.5. The van der Waals surface area contributed by atoms with E-state index in [1.807, 2.05) is 31.2 Å². The number of hydrogen-bond acceptors (Lipinski definition) is 2. The van der Waals surface area contributed by atoms with Crippen molar-refractivity contribution in [2.45, 2.75) is 26.1 Å². The number of rotatable bonds is 5. The SMILES string of the molecule is CC(NCc1ccc(CO)cc1)c1c(Cl)ccc(F)c1Cl. The lowest BCUT2D eigenvalue weighted by Gasteiger charge is -2.17. The third kappa shape index (κ3) is 3.95. The van der Waals surface area contributed by atoms with Crippen molar-refractivity contribution in [3.05, 3.63) is 69.0 Å². The van der Waals surface area contributed by atoms with Gasteiger partial charge in [0, 0.05) is 23.2 Å². The minimum Gasteiger partial charge on any atom is -0.392 e. The molecular formula is C16H16Cl2FNO. The number of aliphatic hydroxyl groups is 1. The molecule has 0 bridgehead atoms. The van der Waals surface area contributed by atoms with Crippen molar-refractivity contribution in [1.29, 1.82) is 0 Å². The van der Waals surface area contributed by atoms with Gasteiger partial charge in [0.2, 0.25) is 0 Å². The van der Waals surface area contributed by atoms with Gasteiger partial charge in [-0.1, -0.05) is 47.5 Å². The van der Waals surface area contributed by atoms with Gasteiger partial charge in [0.1, 0.15) is 5.82 Å². The molecule has 0 aromatic heterocycles. The molecule has 2 N–H and O–H groups in total. The molecular weight excluding hydrogens is 312 g/mol. The molecule has 0 spiro atoms. The Morgan fingerprint density at radius 3 is 2.33 bits per heavy atom. The second kappa shape index (κ2) is 7.23. The van der Waals surface area contributed by atoms with E-state index in [1.54, 1.807) is 0 Å². The topological polar surface area (TPSA) is 32.3 Å². The smallest absolute Gasteiger partial charge is 0.142 e. The van der Waals surface area contributed by atoms with E-state index in [2.05, 4.69) is 5.32 Å². The highest BCUT2D eigenvalue weighted by atomic mass is 35.5. The third-order valence-corrected chi connectivity index (χ3v) is 4.04. The molecule has 0 radical (unpaired) electrons. The van der Waals surface area contributed by atoms with Crippen LogP contribution in [0.2, 0.25) is 10.0 Å². The monoisotopic (exact) mass is 327 g/mol. The molecule has 0 aliphatic rings. The largest absolute Gasteiger partial charge is 0.392 e. The molecule has 0 fully saturated rings. The van der Waals surface area contributed by atoms with Crippen molar-refractivity contribution >= 4 is 23.2 Å². The Morgan fingerprint density at radius 2 is 1.71 bits per heavy atom. The number of benzene rings is 2. The van der Waals surface area contributed by atoms with Gasteiger partial charge in [-0.15, -0.1) is 0 Å². The van der Waals surface area contributed by atoms with Gasteiger partial charge in [-0.05, 0) is 30.2 Å². The molecule has 0 amide bonds. The summed E-state index contributed by atoms with van der Waals surface area (Å²) in [5, 5.41) is 12.8. The summed E-state index contributed by atoms with van der Waals surface area (Å²) < 4.78 is 13.5. The Balaban J connectivity index is 2.08. The van der Waals surface area contributed by atoms with Crippen LogP contribution in [0.3, 0.4) is 0 Å². The lowest BCUT2D eigenvalue weighted by Crippen LogP contribution is -2.19. The first-order valence-electron chi connectivity index (χ1n) is 6.58. The number of hydrogen-bond donors (Lipinski definition) is 2. The Morgan fingerprint density at radius 1 is 1.10 bits per heavy atom. The lowest BCUT2D eigenvalue weighted by molar-refractivity contribution is 0.282. The maximum Gasteiger partial charge on any atom is 0.142 e. The zero-order valence-electron chi connectivity index (χ0n) is 11.5. The molecule has 21 heavy (non-hydrogen) atoms. The van der Waals surface area contributed by atoms with Gasteiger partial charge < -0.3 is 10.4 Å². The van der Waals surface area contributed by atoms with Crippen LogP contribution < -0.4 is 5.32 Å². The summed E-state index contributed by atoms with van der Waals surface area (Å²) in [6, 6.07) is 10.2. The van der Waals surface area contributed by atoms with Gasteiger partial charge in [0.25, 0.3) is 0 Å². The molecule has 2 rings (SSSR count). The van der Waals surface area contributed by atoms with Crippen molar-refractivity contribution in [2.75, 3.05) is 0 Å². The van der Waals surface area contributed by atoms with Crippen LogP contribution in [0, 0.1) is 5.82 Å². The van der Waals surface area contributed by atoms with Crippen LogP contribution in [0.1, 0.15) is 29.7 Å². The first-order valence-corrected chi connectivity index (χ1v) is 7.34. The predicted molar refractivity (Wildman–Crippen MR) is 84.0 cm³/mol. The van der Waals surface area contributed by atoms with Crippen LogP contribution in [0.25, 0.3) is 0 Å². The van der Waals surface area contributed by atoms with E-state index in [9.17, 15) is 4.39 Å². The summed E-state index contributed by atoms with van der Waals surface area (Å²) in [7, 11) is 0. The fraction of sp³-hybridized carbons (Fsp3) is 0.250. The van der Waals surface area contributed by atoms with E-state index in [1.165, 1.54) is 12.1 Å². The van der Waals surface area contributed by atoms with Crippen molar-refractivity contribution in [3.8, 4) is 0 Å². The molecule has 0 aliphatic heterocycles. The van der Waals surface area contributed by atoms with Crippen LogP contribution in [0.15, 0.2) is 36.4 Å². The molecule has 0 aliphatic carbocycles. The van der Waals surface area contributed by atoms with Gasteiger partial charge in [-0.3, -0.25) is 0 Å². The standard InChI is InChI=1S/C16H16Cl2FNO/c1-10(15-13(17)6-7-14(19)16(15)18)20-8-11-2-4-12(9-21)5-3-11/h2-7,10,20-21H,8-9H2,1H3. The minimum absolute atomic E-state index is 0.0264. The Labute approximate surface area is 133 Å². The fourth-order valence-corrected chi connectivity index (χ4v) is 2.77. The second-order valence-electron chi connectivity index (χ2n) is 4.83. The zero-order valence-corrected chi connectivity index (χ0v) is 13.0. The number of nitrogens with one attached hydrogen (secondary N) is 1. The number of aliphatic hydroxyl groups excluding tert-OH is 1. The van der Waals surface area contributed by atoms with Crippen LogP contribution in [-0.2, 0) is 13.2 Å². The molecule has 112 valence electrons. The molecule has 2 nitrogen and oxygen atoms in total. The van der Waals surface area contributed by atoms with Crippen molar-refractivity contribution in [1.82, 2.24) is 5.32 Å². The lowest BCUT2D eigenvalue weighted by atomic mass is 10.1. The second-order valence-corrected chi connectivity index (χ2v) is 5.62. The third-order valence-electron chi connectivity index (χ3n) is 3.33. The molecule has 1 unspecified atom stereocenters. The minimum atomic E-state index is -0.475. The highest BCUT2D eigenvalue weighted by Gasteiger charge is 2.16. The van der Waals surface area contributed by atoms with Gasteiger partial charge >= 0.3 is 0 Å². The zero-order chi connectivity index (χ0) is 15.4. The van der Waals surface area contributed by atoms with Crippen molar-refractivity contribution < 1.29 is 9.50 Å². The molecule has 0 saturated carbocycles. The highest BCUT2D eigenvalue weighted by Crippen LogP contribution is 2.32. The quantitative estimate of drug-likeness (QED) is 0.794. The molecule has 2 aromatic rings. The van der Waals surface area contributed by atoms with Crippen molar-refractivity contribution in [2.24, 2.45) is 0 Å². The van der Waals surface area contributed by atoms with Gasteiger partial charge in [0.15, 0.2) is 0 Å². The predicted octanol–water partition coefficient (Wildman–Crippen LogP) is 4.48. The summed E-state index contributed by atoms with van der Waals surface area (Å²) >= 11 is 12.1. The summed E-state index contributed by atoms with van der Waals surface area (Å²) in [6.45, 7) is 2.50. The van der Waals surface area contributed by atoms with E-state index in [0.717, 1.165) is 11.1 Å². The summed E-state index contributed by atoms with van der Waals surface area (Å²) in [5.41, 5.74) is 2.48. The molecule has 2 aromatic carbocycles. The Bertz CT molecular complexity index is 616. The molecule has 0 heterocycles. The summed E-state index contributed by atoms with van der Waals surface area (Å²) in [5.74, 6) is -0.475. The first-order chi connectivity index (χ1) is 10.0. The van der Waals surface area contributed by atoms with E-state index in [4.69, 9.17) is 28.3 Å². The van der Waals surface area contributed by atoms with E-state index in [-0.39, 0.29) is 17.7 Å². The number of halogens is 3. The van der Waals surface area contributed by atoms with E-state index >= 15 is 0 Å². The van der Waals surface area contributed by atoms with Gasteiger partial charge in [0.05, 0.1) is 11.6 Å².